The Labute approximate surface area is 150 Å². The van der Waals surface area contributed by atoms with Crippen LogP contribution in [-0.2, 0) is 0 Å². The molecule has 0 aliphatic heterocycles. The van der Waals surface area contributed by atoms with Gasteiger partial charge in [0.1, 0.15) is 22.8 Å². The molecule has 3 aromatic rings. The summed E-state index contributed by atoms with van der Waals surface area (Å²) in [5.41, 5.74) is -3.22. The summed E-state index contributed by atoms with van der Waals surface area (Å²) >= 11 is 0. The van der Waals surface area contributed by atoms with Gasteiger partial charge in [-0.2, -0.15) is 5.26 Å². The second kappa shape index (κ2) is 7.29. The van der Waals surface area contributed by atoms with Crippen molar-refractivity contribution in [1.29, 1.82) is 5.26 Å². The van der Waals surface area contributed by atoms with E-state index >= 15 is 0 Å². The van der Waals surface area contributed by atoms with Gasteiger partial charge in [-0.05, 0) is 12.1 Å². The van der Waals surface area contributed by atoms with Crippen molar-refractivity contribution in [1.82, 2.24) is 4.98 Å². The number of rotatable bonds is 2. The van der Waals surface area contributed by atoms with Crippen LogP contribution in [0.5, 0.6) is 5.75 Å². The molecule has 3 rings (SSSR count). The number of anilines is 1. The summed E-state index contributed by atoms with van der Waals surface area (Å²) in [7, 11) is 0. The van der Waals surface area contributed by atoms with Crippen LogP contribution in [0.3, 0.4) is 0 Å². The number of aromatic hydroxyl groups is 1. The Morgan fingerprint density at radius 3 is 2.30 bits per heavy atom. The Kier molecular flexibility index (Phi) is 5.31. The zero-order chi connectivity index (χ0) is 19.0. The molecule has 0 bridgehead atoms. The quantitative estimate of drug-likeness (QED) is 0.516. The number of carbonyl (C=O) groups is 1. The zero-order valence-electron chi connectivity index (χ0n) is 12.6. The van der Waals surface area contributed by atoms with E-state index in [1.807, 2.05) is 0 Å². The van der Waals surface area contributed by atoms with Crippen LogP contribution in [0.2, 0.25) is 0 Å². The Bertz CT molecular complexity index is 1080. The Morgan fingerprint density at radius 2 is 1.70 bits per heavy atom. The highest BCUT2D eigenvalue weighted by Crippen LogP contribution is 2.30. The number of amides is 1. The van der Waals surface area contributed by atoms with E-state index in [9.17, 15) is 27.5 Å². The van der Waals surface area contributed by atoms with Gasteiger partial charge in [-0.25, -0.2) is 17.6 Å². The molecule has 0 unspecified atom stereocenters. The van der Waals surface area contributed by atoms with Gasteiger partial charge in [0, 0.05) is 11.6 Å². The molecular weight excluding hydrogens is 366 g/mol. The van der Waals surface area contributed by atoms with Crippen molar-refractivity contribution in [2.75, 3.05) is 5.32 Å². The third-order valence-electron chi connectivity index (χ3n) is 3.61. The number of pyridine rings is 1. The molecule has 2 N–H and O–H groups in total. The first-order valence-corrected chi connectivity index (χ1v) is 7.01. The van der Waals surface area contributed by atoms with Crippen LogP contribution >= 0.6 is 0 Å². The van der Waals surface area contributed by atoms with Gasteiger partial charge in [0.15, 0.2) is 29.0 Å². The molecule has 138 valence electrons. The fourth-order valence-electron chi connectivity index (χ4n) is 2.33. The summed E-state index contributed by atoms with van der Waals surface area (Å²) in [6.45, 7) is 0. The molecule has 0 spiro atoms. The lowest BCUT2D eigenvalue weighted by atomic mass is 10.1. The van der Waals surface area contributed by atoms with E-state index in [2.05, 4.69) is 4.98 Å². The highest BCUT2D eigenvalue weighted by molar-refractivity contribution is 6.09. The van der Waals surface area contributed by atoms with Gasteiger partial charge in [-0.1, -0.05) is 19.6 Å². The number of hydrogen-bond acceptors (Lipinski definition) is 4. The maximum Gasteiger partial charge on any atom is 0.259 e. The lowest BCUT2D eigenvalue weighted by Crippen LogP contribution is -2.17. The number of carbonyl (C=O) groups excluding carboxylic acids is 1. The summed E-state index contributed by atoms with van der Waals surface area (Å²) < 4.78 is 55.1. The highest BCUT2D eigenvalue weighted by atomic mass is 19.2. The van der Waals surface area contributed by atoms with Gasteiger partial charge in [0.25, 0.3) is 5.91 Å². The molecule has 0 radical (unpaired) electrons. The molecule has 0 aliphatic carbocycles. The summed E-state index contributed by atoms with van der Waals surface area (Å²) in [4.78, 5) is 16.1. The number of fused-ring (bicyclic) bond motifs is 1. The lowest BCUT2D eigenvalue weighted by Gasteiger charge is -2.11. The average molecular weight is 377 g/mol. The molecule has 9 heteroatoms. The molecule has 0 fully saturated rings. The first kappa shape index (κ1) is 19.7. The summed E-state index contributed by atoms with van der Waals surface area (Å²) in [5, 5.41) is 20.8. The lowest BCUT2D eigenvalue weighted by molar-refractivity contribution is 0.102. The number of nitriles is 1. The van der Waals surface area contributed by atoms with Crippen molar-refractivity contribution >= 4 is 22.5 Å². The highest BCUT2D eigenvalue weighted by Gasteiger charge is 2.27. The molecule has 0 atom stereocenters. The van der Waals surface area contributed by atoms with E-state index in [0.717, 1.165) is 12.1 Å². The van der Waals surface area contributed by atoms with E-state index < -0.39 is 51.7 Å². The first-order chi connectivity index (χ1) is 12.4. The average Bonchev–Trinajstić information content (AvgIpc) is 2.64. The minimum atomic E-state index is -1.94. The molecule has 2 aromatic carbocycles. The molecule has 1 amide bonds. The van der Waals surface area contributed by atoms with Crippen LogP contribution in [0.15, 0.2) is 30.5 Å². The van der Waals surface area contributed by atoms with Crippen LogP contribution < -0.4 is 5.32 Å². The third kappa shape index (κ3) is 3.13. The SMILES string of the molecule is C.N#Cc1c(F)c(F)c(NC(=O)c2ccc3cccnc3c2O)c(F)c1F. The van der Waals surface area contributed by atoms with Crippen LogP contribution in [0, 0.1) is 34.6 Å². The van der Waals surface area contributed by atoms with Gasteiger partial charge < -0.3 is 10.4 Å². The number of phenolic OH excluding ortho intramolecular Hbond substituents is 1. The first-order valence-electron chi connectivity index (χ1n) is 7.01. The minimum Gasteiger partial charge on any atom is -0.505 e. The van der Waals surface area contributed by atoms with Crippen molar-refractivity contribution in [3.8, 4) is 11.8 Å². The van der Waals surface area contributed by atoms with Gasteiger partial charge in [0.05, 0.1) is 5.56 Å². The van der Waals surface area contributed by atoms with E-state index in [1.54, 1.807) is 17.4 Å². The minimum absolute atomic E-state index is 0. The zero-order valence-corrected chi connectivity index (χ0v) is 12.6. The Hall–Kier alpha value is -3.67. The summed E-state index contributed by atoms with van der Waals surface area (Å²) in [6.07, 6.45) is 1.36. The second-order valence-corrected chi connectivity index (χ2v) is 5.11. The third-order valence-corrected chi connectivity index (χ3v) is 3.61. The number of aromatic nitrogens is 1. The maximum atomic E-state index is 13.9. The van der Waals surface area contributed by atoms with Crippen LogP contribution in [0.4, 0.5) is 23.2 Å². The van der Waals surface area contributed by atoms with Crippen molar-refractivity contribution in [3.05, 3.63) is 64.9 Å². The topological polar surface area (TPSA) is 86.0 Å². The smallest absolute Gasteiger partial charge is 0.259 e. The number of hydrogen-bond donors (Lipinski definition) is 2. The van der Waals surface area contributed by atoms with Gasteiger partial charge in [0.2, 0.25) is 0 Å². The Balaban J connectivity index is 0.00000261. The fourth-order valence-corrected chi connectivity index (χ4v) is 2.33. The molecule has 5 nitrogen and oxygen atoms in total. The summed E-state index contributed by atoms with van der Waals surface area (Å²) in [6, 6.07) is 6.77. The number of nitrogens with one attached hydrogen (secondary N) is 1. The van der Waals surface area contributed by atoms with E-state index in [1.165, 1.54) is 12.3 Å². The van der Waals surface area contributed by atoms with E-state index in [4.69, 9.17) is 5.26 Å². The fraction of sp³-hybridized carbons (Fsp3) is 0.0556. The van der Waals surface area contributed by atoms with Crippen molar-refractivity contribution in [2.24, 2.45) is 0 Å². The normalized spacial score (nSPS) is 10.2. The molecule has 1 aromatic heterocycles. The van der Waals surface area contributed by atoms with Crippen LogP contribution in [0.1, 0.15) is 23.3 Å². The van der Waals surface area contributed by atoms with E-state index in [-0.39, 0.29) is 12.9 Å². The van der Waals surface area contributed by atoms with Crippen molar-refractivity contribution in [3.63, 3.8) is 0 Å². The second-order valence-electron chi connectivity index (χ2n) is 5.11. The molecular formula is C18H11F4N3O2. The van der Waals surface area contributed by atoms with Crippen LogP contribution in [-0.4, -0.2) is 16.0 Å². The van der Waals surface area contributed by atoms with Gasteiger partial charge in [-0.15, -0.1) is 0 Å². The number of nitrogens with zero attached hydrogens (tertiary/aromatic N) is 2. The maximum absolute atomic E-state index is 13.9. The molecule has 0 saturated heterocycles. The molecule has 0 aliphatic rings. The van der Waals surface area contributed by atoms with E-state index in [0.29, 0.717) is 5.39 Å². The Morgan fingerprint density at radius 1 is 1.07 bits per heavy atom. The predicted octanol–water partition coefficient (Wildman–Crippen LogP) is 4.26. The molecule has 27 heavy (non-hydrogen) atoms. The molecule has 0 saturated carbocycles. The number of phenols is 1. The summed E-state index contributed by atoms with van der Waals surface area (Å²) in [5.74, 6) is -9.55. The largest absolute Gasteiger partial charge is 0.505 e. The standard InChI is InChI=1S/C17H7F4N3O2.CH4/c18-10-9(6-22)11(19)13(21)15(12(10)20)24-17(26)8-4-3-7-2-1-5-23-14(7)16(8)25;/h1-5,25H,(H,24,26);1H4. The number of halogens is 4. The van der Waals surface area contributed by atoms with Crippen molar-refractivity contribution in [2.45, 2.75) is 7.43 Å². The molecule has 1 heterocycles. The monoisotopic (exact) mass is 377 g/mol. The van der Waals surface area contributed by atoms with Gasteiger partial charge >= 0.3 is 0 Å². The van der Waals surface area contributed by atoms with Gasteiger partial charge in [-0.3, -0.25) is 9.78 Å². The predicted molar refractivity (Wildman–Crippen MR) is 89.1 cm³/mol. The van der Waals surface area contributed by atoms with Crippen molar-refractivity contribution < 1.29 is 27.5 Å². The number of benzene rings is 2. The van der Waals surface area contributed by atoms with Crippen LogP contribution in [0.25, 0.3) is 10.9 Å².